The predicted molar refractivity (Wildman–Crippen MR) is 122 cm³/mol. The summed E-state index contributed by atoms with van der Waals surface area (Å²) in [7, 11) is -1.94. The van der Waals surface area contributed by atoms with Gasteiger partial charge in [0, 0.05) is 13.0 Å². The van der Waals surface area contributed by atoms with Gasteiger partial charge in [0.15, 0.2) is 14.6 Å². The number of hydrogen-bond donors (Lipinski definition) is 0. The molecule has 0 fully saturated rings. The van der Waals surface area contributed by atoms with E-state index in [1.54, 1.807) is 12.1 Å². The smallest absolute Gasteiger partial charge is 0.248 e. The largest absolute Gasteiger partial charge is 0.497 e. The highest BCUT2D eigenvalue weighted by Gasteiger charge is 2.16. The van der Waals surface area contributed by atoms with Crippen molar-refractivity contribution in [1.29, 1.82) is 0 Å². The molecule has 1 aromatic heterocycles. The zero-order valence-electron chi connectivity index (χ0n) is 17.8. The lowest BCUT2D eigenvalue weighted by atomic mass is 10.3. The Labute approximate surface area is 185 Å². The number of aryl methyl sites for hydroxylation is 1. The fourth-order valence-corrected chi connectivity index (χ4v) is 5.66. The molecule has 166 valence electrons. The number of rotatable bonds is 9. The second kappa shape index (κ2) is 10.1. The number of thiazole rings is 1. The van der Waals surface area contributed by atoms with Crippen LogP contribution in [0.3, 0.4) is 0 Å². The normalized spacial score (nSPS) is 12.3. The molecule has 1 amide bonds. The maximum absolute atomic E-state index is 12.5. The topological polar surface area (TPSA) is 87.0 Å². The van der Waals surface area contributed by atoms with Gasteiger partial charge in [-0.05, 0) is 56.7 Å². The number of benzene rings is 2. The van der Waals surface area contributed by atoms with Gasteiger partial charge in [0.05, 0.1) is 29.1 Å². The Bertz CT molecular complexity index is 1230. The molecule has 0 aliphatic carbocycles. The van der Waals surface area contributed by atoms with Crippen molar-refractivity contribution in [3.63, 3.8) is 0 Å². The van der Waals surface area contributed by atoms with Crippen LogP contribution < -0.4 is 14.3 Å². The van der Waals surface area contributed by atoms with Crippen LogP contribution in [0.2, 0.25) is 0 Å². The molecular weight excluding hydrogens is 436 g/mol. The number of sulfone groups is 1. The second-order valence-electron chi connectivity index (χ2n) is 6.77. The van der Waals surface area contributed by atoms with E-state index in [4.69, 9.17) is 9.47 Å². The number of ether oxygens (including phenoxy) is 2. The van der Waals surface area contributed by atoms with Gasteiger partial charge in [0.25, 0.3) is 0 Å². The van der Waals surface area contributed by atoms with Crippen LogP contribution in [0.1, 0.15) is 26.7 Å². The van der Waals surface area contributed by atoms with E-state index < -0.39 is 9.84 Å². The summed E-state index contributed by atoms with van der Waals surface area (Å²) in [6, 6.07) is 12.0. The van der Waals surface area contributed by atoms with Gasteiger partial charge in [-0.3, -0.25) is 4.79 Å². The quantitative estimate of drug-likeness (QED) is 0.483. The standard InChI is InChI=1S/C22H26N2O5S2/c1-4-24-21-18(29-5-2)8-6-9-19(21)30-22(24)23-20(25)10-7-15-31(26,27)17-13-11-16(28-3)12-14-17/h6,8-9,11-14H,4-5,7,10,15H2,1-3H3. The van der Waals surface area contributed by atoms with Crippen LogP contribution in [0.15, 0.2) is 52.4 Å². The van der Waals surface area contributed by atoms with Crippen LogP contribution in [0.5, 0.6) is 11.5 Å². The molecule has 0 N–H and O–H groups in total. The molecule has 0 aliphatic rings. The van der Waals surface area contributed by atoms with E-state index in [1.165, 1.54) is 30.6 Å². The highest BCUT2D eigenvalue weighted by Crippen LogP contribution is 2.27. The van der Waals surface area contributed by atoms with E-state index in [0.717, 1.165) is 16.0 Å². The molecule has 9 heteroatoms. The van der Waals surface area contributed by atoms with Crippen LogP contribution in [-0.2, 0) is 21.2 Å². The van der Waals surface area contributed by atoms with E-state index in [0.29, 0.717) is 23.7 Å². The molecule has 0 unspecified atom stereocenters. The van der Waals surface area contributed by atoms with Gasteiger partial charge in [-0.2, -0.15) is 4.99 Å². The van der Waals surface area contributed by atoms with Crippen LogP contribution in [0.25, 0.3) is 10.2 Å². The minimum Gasteiger partial charge on any atom is -0.497 e. The van der Waals surface area contributed by atoms with Gasteiger partial charge in [0.1, 0.15) is 17.0 Å². The molecular formula is C22H26N2O5S2. The number of nitrogens with zero attached hydrogens (tertiary/aromatic N) is 2. The Hall–Kier alpha value is -2.65. The number of carbonyl (C=O) groups is 1. The van der Waals surface area contributed by atoms with E-state index >= 15 is 0 Å². The Morgan fingerprint density at radius 1 is 1.13 bits per heavy atom. The van der Waals surface area contributed by atoms with Crippen molar-refractivity contribution < 1.29 is 22.7 Å². The van der Waals surface area contributed by atoms with Crippen molar-refractivity contribution in [2.24, 2.45) is 4.99 Å². The Balaban J connectivity index is 1.74. The number of methoxy groups -OCH3 is 1. The second-order valence-corrected chi connectivity index (χ2v) is 9.89. The van der Waals surface area contributed by atoms with Gasteiger partial charge in [-0.1, -0.05) is 17.4 Å². The Morgan fingerprint density at radius 3 is 2.52 bits per heavy atom. The number of amides is 1. The molecule has 3 rings (SSSR count). The van der Waals surface area contributed by atoms with Crippen molar-refractivity contribution in [3.8, 4) is 11.5 Å². The Morgan fingerprint density at radius 2 is 1.87 bits per heavy atom. The molecule has 0 radical (unpaired) electrons. The number of aromatic nitrogens is 1. The Kier molecular flexibility index (Phi) is 7.50. The molecule has 31 heavy (non-hydrogen) atoms. The summed E-state index contributed by atoms with van der Waals surface area (Å²) in [4.78, 5) is 17.5. The monoisotopic (exact) mass is 462 g/mol. The first-order chi connectivity index (χ1) is 14.9. The van der Waals surface area contributed by atoms with Gasteiger partial charge >= 0.3 is 0 Å². The van der Waals surface area contributed by atoms with Crippen molar-refractivity contribution in [2.75, 3.05) is 19.5 Å². The first-order valence-electron chi connectivity index (χ1n) is 10.1. The van der Waals surface area contributed by atoms with Crippen LogP contribution in [-0.4, -0.2) is 38.4 Å². The molecule has 0 spiro atoms. The van der Waals surface area contributed by atoms with Gasteiger partial charge < -0.3 is 14.0 Å². The van der Waals surface area contributed by atoms with Crippen molar-refractivity contribution in [3.05, 3.63) is 47.3 Å². The molecule has 0 saturated heterocycles. The lowest BCUT2D eigenvalue weighted by Crippen LogP contribution is -2.16. The number of fused-ring (bicyclic) bond motifs is 1. The fraction of sp³-hybridized carbons (Fsp3) is 0.364. The van der Waals surface area contributed by atoms with E-state index in [9.17, 15) is 13.2 Å². The molecule has 2 aromatic carbocycles. The average molecular weight is 463 g/mol. The van der Waals surface area contributed by atoms with E-state index in [1.807, 2.05) is 36.6 Å². The predicted octanol–water partition coefficient (Wildman–Crippen LogP) is 3.81. The summed E-state index contributed by atoms with van der Waals surface area (Å²) in [5, 5.41) is 0. The molecule has 0 aliphatic heterocycles. The number of carbonyl (C=O) groups excluding carboxylic acids is 1. The molecule has 0 atom stereocenters. The minimum absolute atomic E-state index is 0.0612. The third kappa shape index (κ3) is 5.34. The van der Waals surface area contributed by atoms with Gasteiger partial charge in [-0.25, -0.2) is 8.42 Å². The van der Waals surface area contributed by atoms with Crippen molar-refractivity contribution in [2.45, 2.75) is 38.1 Å². The molecule has 1 heterocycles. The summed E-state index contributed by atoms with van der Waals surface area (Å²) in [5.74, 6) is 0.900. The summed E-state index contributed by atoms with van der Waals surface area (Å²) in [6.45, 7) is 5.10. The molecule has 7 nitrogen and oxygen atoms in total. The summed E-state index contributed by atoms with van der Waals surface area (Å²) in [5.41, 5.74) is 0.922. The SMILES string of the molecule is CCOc1cccc2sc(=NC(=O)CCCS(=O)(=O)c3ccc(OC)cc3)n(CC)c12. The fourth-order valence-electron chi connectivity index (χ4n) is 3.23. The first-order valence-corrected chi connectivity index (χ1v) is 12.6. The number of para-hydroxylation sites is 1. The zero-order valence-corrected chi connectivity index (χ0v) is 19.5. The highest BCUT2D eigenvalue weighted by atomic mass is 32.2. The van der Waals surface area contributed by atoms with Gasteiger partial charge in [-0.15, -0.1) is 0 Å². The van der Waals surface area contributed by atoms with Crippen LogP contribution in [0, 0.1) is 0 Å². The van der Waals surface area contributed by atoms with Crippen LogP contribution in [0.4, 0.5) is 0 Å². The van der Waals surface area contributed by atoms with Crippen molar-refractivity contribution in [1.82, 2.24) is 4.57 Å². The lowest BCUT2D eigenvalue weighted by molar-refractivity contribution is -0.118. The number of hydrogen-bond acceptors (Lipinski definition) is 6. The van der Waals surface area contributed by atoms with E-state index in [2.05, 4.69) is 4.99 Å². The van der Waals surface area contributed by atoms with Gasteiger partial charge in [0.2, 0.25) is 5.91 Å². The highest BCUT2D eigenvalue weighted by molar-refractivity contribution is 7.91. The zero-order chi connectivity index (χ0) is 22.4. The summed E-state index contributed by atoms with van der Waals surface area (Å²) >= 11 is 1.42. The average Bonchev–Trinajstić information content (AvgIpc) is 3.11. The van der Waals surface area contributed by atoms with E-state index in [-0.39, 0.29) is 29.4 Å². The lowest BCUT2D eigenvalue weighted by Gasteiger charge is -2.07. The summed E-state index contributed by atoms with van der Waals surface area (Å²) < 4.78 is 38.7. The maximum Gasteiger partial charge on any atom is 0.248 e. The van der Waals surface area contributed by atoms with Crippen LogP contribution >= 0.6 is 11.3 Å². The summed E-state index contributed by atoms with van der Waals surface area (Å²) in [6.07, 6.45) is 0.267. The molecule has 0 saturated carbocycles. The third-order valence-electron chi connectivity index (χ3n) is 4.72. The maximum atomic E-state index is 12.5. The minimum atomic E-state index is -3.47. The first kappa shape index (κ1) is 23.0. The van der Waals surface area contributed by atoms with Crippen molar-refractivity contribution >= 4 is 37.3 Å². The molecule has 3 aromatic rings. The third-order valence-corrected chi connectivity index (χ3v) is 7.58. The molecule has 0 bridgehead atoms.